The number of aryl methyl sites for hydroxylation is 2. The number of hydrogen-bond donors (Lipinski definition) is 3. The van der Waals surface area contributed by atoms with Crippen molar-refractivity contribution in [2.24, 2.45) is 12.2 Å². The Morgan fingerprint density at radius 3 is 2.60 bits per heavy atom. The van der Waals surface area contributed by atoms with Crippen molar-refractivity contribution in [3.05, 3.63) is 45.7 Å². The quantitative estimate of drug-likeness (QED) is 0.0835. The first-order valence-corrected chi connectivity index (χ1v) is 14.6. The molecule has 2 unspecified atom stereocenters. The third-order valence-corrected chi connectivity index (χ3v) is 8.92. The van der Waals surface area contributed by atoms with Crippen molar-refractivity contribution in [3.63, 3.8) is 0 Å². The Kier molecular flexibility index (Phi) is 11.0. The summed E-state index contributed by atoms with van der Waals surface area (Å²) in [5, 5.41) is 26.3. The number of thiazole rings is 1. The molecule has 1 saturated heterocycles. The maximum absolute atomic E-state index is 13.0. The first kappa shape index (κ1) is 33.6. The fraction of sp³-hybridized carbons (Fsp3) is 0.348. The molecule has 4 N–H and O–H groups in total. The van der Waals surface area contributed by atoms with Gasteiger partial charge < -0.3 is 30.9 Å². The van der Waals surface area contributed by atoms with E-state index in [9.17, 15) is 37.1 Å². The number of pyridine rings is 1. The molecule has 2 aliphatic heterocycles. The molecule has 2 aromatic heterocycles. The number of rotatable bonds is 9. The van der Waals surface area contributed by atoms with Crippen LogP contribution in [0.1, 0.15) is 11.3 Å². The van der Waals surface area contributed by atoms with Crippen molar-refractivity contribution in [1.29, 1.82) is 0 Å². The number of nitrogens with one attached hydrogen (secondary N) is 1. The van der Waals surface area contributed by atoms with Gasteiger partial charge in [-0.15, -0.1) is 34.9 Å². The van der Waals surface area contributed by atoms with E-state index in [0.717, 1.165) is 21.8 Å². The number of β-lactam (4-membered cyclic amide) rings is 1. The molecule has 2 aromatic rings. The zero-order valence-electron chi connectivity index (χ0n) is 22.1. The average molecular weight is 667 g/mol. The van der Waals surface area contributed by atoms with Crippen LogP contribution in [0, 0.1) is 6.92 Å². The molecule has 4 rings (SSSR count). The molecule has 20 heteroatoms. The van der Waals surface area contributed by atoms with E-state index < -0.39 is 48.9 Å². The number of hydrogen-bond acceptors (Lipinski definition) is 12. The molecule has 232 valence electrons. The number of carboxylic acid groups (broad SMARTS) is 2. The molecule has 1 fully saturated rings. The Hall–Kier alpha value is -3.91. The van der Waals surface area contributed by atoms with Gasteiger partial charge in [-0.05, 0) is 6.92 Å². The molecule has 13 nitrogen and oxygen atoms in total. The molecule has 0 radical (unpaired) electrons. The fourth-order valence-corrected chi connectivity index (χ4v) is 6.76. The monoisotopic (exact) mass is 666 g/mol. The molecular formula is C23H22F4N6O7S3. The highest BCUT2D eigenvalue weighted by Gasteiger charge is 2.54. The van der Waals surface area contributed by atoms with Crippen molar-refractivity contribution in [2.45, 2.75) is 30.1 Å². The number of oxime groups is 1. The van der Waals surface area contributed by atoms with E-state index in [1.165, 1.54) is 33.8 Å². The van der Waals surface area contributed by atoms with Crippen LogP contribution in [0.15, 0.2) is 44.5 Å². The SMILES string of the molecule is Cc1c[n+](C)ccc1SCC1=C(C(=O)O)N2C(=O)C(NC(=O)C(=NOCF)c3csc(N)n3)C2CS1.O=C([O-])C(F)(F)F. The van der Waals surface area contributed by atoms with Gasteiger partial charge in [0.15, 0.2) is 23.2 Å². The van der Waals surface area contributed by atoms with Gasteiger partial charge in [-0.1, -0.05) is 5.16 Å². The largest absolute Gasteiger partial charge is 0.542 e. The van der Waals surface area contributed by atoms with Gasteiger partial charge in [0.05, 0.1) is 6.04 Å². The third-order valence-electron chi connectivity index (χ3n) is 5.66. The first-order valence-electron chi connectivity index (χ1n) is 11.7. The molecule has 0 aliphatic carbocycles. The first-order chi connectivity index (χ1) is 20.1. The van der Waals surface area contributed by atoms with Gasteiger partial charge in [0, 0.05) is 38.3 Å². The van der Waals surface area contributed by atoms with E-state index in [1.54, 1.807) is 0 Å². The predicted octanol–water partition coefficient (Wildman–Crippen LogP) is 0.335. The molecule has 4 heterocycles. The number of alkyl halides is 4. The van der Waals surface area contributed by atoms with E-state index in [2.05, 4.69) is 20.3 Å². The minimum absolute atomic E-state index is 0.0697. The van der Waals surface area contributed by atoms with Crippen LogP contribution in [-0.4, -0.2) is 81.1 Å². The van der Waals surface area contributed by atoms with E-state index in [0.29, 0.717) is 16.4 Å². The number of halogens is 4. The normalized spacial score (nSPS) is 18.2. The Balaban J connectivity index is 0.000000646. The molecular weight excluding hydrogens is 644 g/mol. The van der Waals surface area contributed by atoms with Crippen molar-refractivity contribution in [3.8, 4) is 0 Å². The second kappa shape index (κ2) is 14.0. The molecule has 2 atom stereocenters. The Bertz CT molecular complexity index is 1480. The molecule has 0 bridgehead atoms. The Labute approximate surface area is 252 Å². The number of aromatic nitrogens is 2. The van der Waals surface area contributed by atoms with Gasteiger partial charge >= 0.3 is 12.1 Å². The summed E-state index contributed by atoms with van der Waals surface area (Å²) in [5.74, 6) is -4.81. The number of thioether (sulfide) groups is 2. The predicted molar refractivity (Wildman–Crippen MR) is 144 cm³/mol. The number of aliphatic carboxylic acids is 2. The van der Waals surface area contributed by atoms with Gasteiger partial charge in [-0.3, -0.25) is 14.5 Å². The van der Waals surface area contributed by atoms with Crippen molar-refractivity contribution >= 4 is 69.5 Å². The van der Waals surface area contributed by atoms with Gasteiger partial charge in [0.25, 0.3) is 18.7 Å². The average Bonchev–Trinajstić information content (AvgIpc) is 3.36. The third kappa shape index (κ3) is 8.14. The van der Waals surface area contributed by atoms with Crippen LogP contribution in [0.4, 0.5) is 22.7 Å². The Morgan fingerprint density at radius 1 is 1.40 bits per heavy atom. The van der Waals surface area contributed by atoms with Crippen LogP contribution in [0.2, 0.25) is 0 Å². The summed E-state index contributed by atoms with van der Waals surface area (Å²) in [6.45, 7) is 0.710. The summed E-state index contributed by atoms with van der Waals surface area (Å²) in [7, 11) is 1.92. The van der Waals surface area contributed by atoms with Crippen LogP contribution < -0.4 is 20.7 Å². The highest BCUT2D eigenvalue weighted by molar-refractivity contribution is 8.06. The molecule has 0 saturated carbocycles. The summed E-state index contributed by atoms with van der Waals surface area (Å²) in [4.78, 5) is 57.8. The lowest BCUT2D eigenvalue weighted by molar-refractivity contribution is -0.672. The van der Waals surface area contributed by atoms with Crippen LogP contribution in [0.5, 0.6) is 0 Å². The minimum atomic E-state index is -5.19. The summed E-state index contributed by atoms with van der Waals surface area (Å²) in [6.07, 6.45) is -1.31. The summed E-state index contributed by atoms with van der Waals surface area (Å²) in [6, 6.07) is 0.420. The van der Waals surface area contributed by atoms with Crippen molar-refractivity contribution in [1.82, 2.24) is 15.2 Å². The Morgan fingerprint density at radius 2 is 2.07 bits per heavy atom. The molecule has 2 amide bonds. The highest BCUT2D eigenvalue weighted by atomic mass is 32.2. The lowest BCUT2D eigenvalue weighted by Crippen LogP contribution is -2.73. The van der Waals surface area contributed by atoms with E-state index in [1.807, 2.05) is 37.0 Å². The van der Waals surface area contributed by atoms with Gasteiger partial charge in [0.1, 0.15) is 30.4 Å². The summed E-state index contributed by atoms with van der Waals surface area (Å²) >= 11 is 3.89. The number of nitrogen functional groups attached to an aromatic ring is 1. The number of fused-ring (bicyclic) bond motifs is 1. The van der Waals surface area contributed by atoms with Crippen LogP contribution in [0.3, 0.4) is 0 Å². The van der Waals surface area contributed by atoms with Crippen molar-refractivity contribution < 1.29 is 56.4 Å². The van der Waals surface area contributed by atoms with Gasteiger partial charge in [-0.2, -0.15) is 13.2 Å². The van der Waals surface area contributed by atoms with E-state index in [4.69, 9.17) is 15.6 Å². The van der Waals surface area contributed by atoms with Gasteiger partial charge in [0.2, 0.25) is 0 Å². The van der Waals surface area contributed by atoms with Crippen molar-refractivity contribution in [2.75, 3.05) is 24.1 Å². The zero-order valence-corrected chi connectivity index (χ0v) is 24.5. The lowest BCUT2D eigenvalue weighted by Gasteiger charge is -2.49. The number of anilines is 1. The number of carbonyl (C=O) groups is 4. The maximum Gasteiger partial charge on any atom is 0.430 e. The highest BCUT2D eigenvalue weighted by Crippen LogP contribution is 2.41. The minimum Gasteiger partial charge on any atom is -0.542 e. The fourth-order valence-electron chi connectivity index (χ4n) is 3.80. The number of carbonyl (C=O) groups excluding carboxylic acids is 3. The van der Waals surface area contributed by atoms with E-state index in [-0.39, 0.29) is 22.2 Å². The number of carboxylic acids is 2. The lowest BCUT2D eigenvalue weighted by atomic mass is 9.94. The molecule has 2 aliphatic rings. The second-order valence-corrected chi connectivity index (χ2v) is 11.6. The standard InChI is InChI=1S/C21H21FN6O5S3.C2HF3O2/c1-10-5-27(2)4-3-13(10)35-8-14-17(20(31)32)28-12(7-34-14)16(19(28)30)25-18(29)15(26-33-9-22)11-6-36-21(23)24-11;3-2(4,5)1(6)7/h3-6,12,16H,7-9H2,1-2H3,(H3-,23,24,25,29,31,32);(H,6,7). The summed E-state index contributed by atoms with van der Waals surface area (Å²) in [5.41, 5.74) is 6.31. The van der Waals surface area contributed by atoms with Crippen LogP contribution >= 0.6 is 34.9 Å². The topological polar surface area (TPSA) is 191 Å². The van der Waals surface area contributed by atoms with E-state index >= 15 is 0 Å². The van der Waals surface area contributed by atoms with Crippen LogP contribution in [0.25, 0.3) is 0 Å². The number of amides is 2. The second-order valence-electron chi connectivity index (χ2n) is 8.60. The summed E-state index contributed by atoms with van der Waals surface area (Å²) < 4.78 is 46.0. The number of nitrogens with zero attached hydrogens (tertiary/aromatic N) is 4. The maximum atomic E-state index is 13.0. The smallest absolute Gasteiger partial charge is 0.430 e. The molecule has 0 spiro atoms. The zero-order chi connectivity index (χ0) is 32.1. The number of nitrogens with two attached hydrogens (primary N) is 1. The molecule has 43 heavy (non-hydrogen) atoms. The van der Waals surface area contributed by atoms with Gasteiger partial charge in [-0.25, -0.2) is 18.7 Å². The molecule has 0 aromatic carbocycles. The van der Waals surface area contributed by atoms with Crippen LogP contribution in [-0.2, 0) is 31.1 Å².